The van der Waals surface area contributed by atoms with Crippen LogP contribution >= 0.6 is 0 Å². The smallest absolute Gasteiger partial charge is 0.292 e. The van der Waals surface area contributed by atoms with Crippen LogP contribution in [0.1, 0.15) is 53.0 Å². The molecule has 0 spiro atoms. The SMILES string of the molecule is CCc1cc(C(=O)N2C[C@H]3CC[C@@H](C2)N(Cc2c(C)noc2C)C3=O)on1. The minimum Gasteiger partial charge on any atom is -0.361 e. The van der Waals surface area contributed by atoms with Crippen LogP contribution in [-0.2, 0) is 17.8 Å². The van der Waals surface area contributed by atoms with Gasteiger partial charge in [0.1, 0.15) is 5.76 Å². The van der Waals surface area contributed by atoms with Crippen molar-refractivity contribution in [1.82, 2.24) is 20.1 Å². The summed E-state index contributed by atoms with van der Waals surface area (Å²) in [6.45, 7) is 7.12. The number of rotatable bonds is 4. The highest BCUT2D eigenvalue weighted by Gasteiger charge is 2.43. The number of nitrogens with zero attached hydrogens (tertiary/aromatic N) is 4. The Kier molecular flexibility index (Phi) is 4.49. The summed E-state index contributed by atoms with van der Waals surface area (Å²) >= 11 is 0. The molecule has 0 unspecified atom stereocenters. The average molecular weight is 372 g/mol. The molecule has 144 valence electrons. The molecule has 3 saturated heterocycles. The summed E-state index contributed by atoms with van der Waals surface area (Å²) in [5, 5.41) is 7.90. The van der Waals surface area contributed by atoms with Crippen LogP contribution in [0, 0.1) is 19.8 Å². The molecule has 5 rings (SSSR count). The molecule has 3 fully saturated rings. The van der Waals surface area contributed by atoms with Crippen LogP contribution in [0.5, 0.6) is 0 Å². The normalized spacial score (nSPS) is 22.4. The highest BCUT2D eigenvalue weighted by molar-refractivity contribution is 5.92. The highest BCUT2D eigenvalue weighted by Crippen LogP contribution is 2.32. The van der Waals surface area contributed by atoms with E-state index in [1.165, 1.54) is 0 Å². The highest BCUT2D eigenvalue weighted by atomic mass is 16.5. The van der Waals surface area contributed by atoms with Crippen molar-refractivity contribution in [3.05, 3.63) is 34.5 Å². The van der Waals surface area contributed by atoms with Gasteiger partial charge in [0.05, 0.1) is 23.9 Å². The topological polar surface area (TPSA) is 92.7 Å². The zero-order chi connectivity index (χ0) is 19.1. The molecule has 3 aliphatic heterocycles. The van der Waals surface area contributed by atoms with Gasteiger partial charge in [-0.05, 0) is 33.1 Å². The van der Waals surface area contributed by atoms with Crippen molar-refractivity contribution in [3.8, 4) is 0 Å². The summed E-state index contributed by atoms with van der Waals surface area (Å²) in [5.41, 5.74) is 2.52. The van der Waals surface area contributed by atoms with E-state index < -0.39 is 0 Å². The molecule has 2 bridgehead atoms. The van der Waals surface area contributed by atoms with Gasteiger partial charge < -0.3 is 18.8 Å². The predicted octanol–water partition coefficient (Wildman–Crippen LogP) is 2.11. The van der Waals surface area contributed by atoms with Gasteiger partial charge in [-0.3, -0.25) is 9.59 Å². The van der Waals surface area contributed by atoms with E-state index in [9.17, 15) is 9.59 Å². The van der Waals surface area contributed by atoms with Gasteiger partial charge in [-0.2, -0.15) is 0 Å². The second-order valence-electron chi connectivity index (χ2n) is 7.44. The van der Waals surface area contributed by atoms with E-state index in [-0.39, 0.29) is 29.5 Å². The van der Waals surface area contributed by atoms with Gasteiger partial charge in [-0.25, -0.2) is 0 Å². The summed E-state index contributed by atoms with van der Waals surface area (Å²) in [4.78, 5) is 29.5. The maximum absolute atomic E-state index is 13.0. The van der Waals surface area contributed by atoms with E-state index in [0.717, 1.165) is 35.6 Å². The molecular weight excluding hydrogens is 348 g/mol. The Labute approximate surface area is 157 Å². The zero-order valence-corrected chi connectivity index (χ0v) is 15.9. The number of hydrogen-bond donors (Lipinski definition) is 0. The van der Waals surface area contributed by atoms with Crippen LogP contribution in [0.25, 0.3) is 0 Å². The lowest BCUT2D eigenvalue weighted by atomic mass is 9.93. The Morgan fingerprint density at radius 1 is 1.22 bits per heavy atom. The Bertz CT molecular complexity index is 851. The quantitative estimate of drug-likeness (QED) is 0.816. The molecule has 0 saturated carbocycles. The Hall–Kier alpha value is -2.64. The van der Waals surface area contributed by atoms with Crippen molar-refractivity contribution < 1.29 is 18.6 Å². The molecule has 5 heterocycles. The fourth-order valence-corrected chi connectivity index (χ4v) is 4.05. The number of hydrogen-bond acceptors (Lipinski definition) is 6. The number of aryl methyl sites for hydroxylation is 3. The van der Waals surface area contributed by atoms with E-state index >= 15 is 0 Å². The third-order valence-electron chi connectivity index (χ3n) is 5.72. The first-order valence-electron chi connectivity index (χ1n) is 9.45. The van der Waals surface area contributed by atoms with Gasteiger partial charge in [0, 0.05) is 30.8 Å². The van der Waals surface area contributed by atoms with Gasteiger partial charge in [0.15, 0.2) is 0 Å². The maximum Gasteiger partial charge on any atom is 0.292 e. The molecule has 0 aromatic carbocycles. The van der Waals surface area contributed by atoms with Crippen molar-refractivity contribution in [1.29, 1.82) is 0 Å². The largest absolute Gasteiger partial charge is 0.361 e. The molecule has 27 heavy (non-hydrogen) atoms. The number of carbonyl (C=O) groups is 2. The van der Waals surface area contributed by atoms with Gasteiger partial charge in [0.25, 0.3) is 5.91 Å². The van der Waals surface area contributed by atoms with Crippen LogP contribution in [0.2, 0.25) is 0 Å². The molecular formula is C19H24N4O4. The molecule has 2 aromatic rings. The van der Waals surface area contributed by atoms with Gasteiger partial charge in [0.2, 0.25) is 11.7 Å². The van der Waals surface area contributed by atoms with E-state index in [4.69, 9.17) is 9.05 Å². The maximum atomic E-state index is 13.0. The number of carbonyl (C=O) groups excluding carboxylic acids is 2. The summed E-state index contributed by atoms with van der Waals surface area (Å²) < 4.78 is 10.5. The van der Waals surface area contributed by atoms with E-state index in [1.807, 2.05) is 25.7 Å². The van der Waals surface area contributed by atoms with Gasteiger partial charge >= 0.3 is 0 Å². The minimum atomic E-state index is -0.189. The minimum absolute atomic E-state index is 0.0116. The molecule has 0 radical (unpaired) electrons. The Balaban J connectivity index is 1.56. The van der Waals surface area contributed by atoms with Crippen LogP contribution in [0.3, 0.4) is 0 Å². The second-order valence-corrected chi connectivity index (χ2v) is 7.44. The van der Waals surface area contributed by atoms with Crippen molar-refractivity contribution in [2.24, 2.45) is 5.92 Å². The molecule has 0 N–H and O–H groups in total. The predicted molar refractivity (Wildman–Crippen MR) is 94.8 cm³/mol. The van der Waals surface area contributed by atoms with Crippen molar-refractivity contribution in [2.75, 3.05) is 13.1 Å². The summed E-state index contributed by atoms with van der Waals surface area (Å²) in [6.07, 6.45) is 2.41. The third-order valence-corrected chi connectivity index (χ3v) is 5.72. The zero-order valence-electron chi connectivity index (χ0n) is 15.9. The molecule has 2 amide bonds. The first kappa shape index (κ1) is 17.8. The van der Waals surface area contributed by atoms with Crippen LogP contribution in [0.15, 0.2) is 15.1 Å². The number of amides is 2. The summed E-state index contributed by atoms with van der Waals surface area (Å²) in [5.74, 6) is 0.723. The first-order chi connectivity index (χ1) is 13.0. The van der Waals surface area contributed by atoms with Gasteiger partial charge in [-0.15, -0.1) is 0 Å². The monoisotopic (exact) mass is 372 g/mol. The Morgan fingerprint density at radius 3 is 2.70 bits per heavy atom. The lowest BCUT2D eigenvalue weighted by Crippen LogP contribution is -2.47. The van der Waals surface area contributed by atoms with E-state index in [2.05, 4.69) is 10.3 Å². The fraction of sp³-hybridized carbons (Fsp3) is 0.579. The van der Waals surface area contributed by atoms with Crippen molar-refractivity contribution >= 4 is 11.8 Å². The molecule has 8 nitrogen and oxygen atoms in total. The standard InChI is InChI=1S/C19H24N4O4/c1-4-14-7-17(27-21-14)19(25)22-8-13-5-6-15(9-22)23(18(13)24)10-16-11(2)20-26-12(16)3/h7,13,15H,4-6,8-10H2,1-3H3/t13-,15+/m1/s1. The average Bonchev–Trinajstić information content (AvgIpc) is 3.15. The summed E-state index contributed by atoms with van der Waals surface area (Å²) in [7, 11) is 0. The van der Waals surface area contributed by atoms with E-state index in [0.29, 0.717) is 26.1 Å². The fourth-order valence-electron chi connectivity index (χ4n) is 4.05. The molecule has 8 heteroatoms. The molecule has 3 aliphatic rings. The van der Waals surface area contributed by atoms with Crippen molar-refractivity contribution in [2.45, 2.75) is 52.6 Å². The number of aromatic nitrogens is 2. The van der Waals surface area contributed by atoms with Crippen LogP contribution in [-0.4, -0.2) is 51.1 Å². The molecule has 2 aromatic heterocycles. The summed E-state index contributed by atoms with van der Waals surface area (Å²) in [6, 6.07) is 1.68. The number of piperidine rings is 1. The first-order valence-corrected chi connectivity index (χ1v) is 9.45. The van der Waals surface area contributed by atoms with Crippen LogP contribution in [0.4, 0.5) is 0 Å². The number of fused-ring (bicyclic) bond motifs is 4. The van der Waals surface area contributed by atoms with Crippen LogP contribution < -0.4 is 0 Å². The van der Waals surface area contributed by atoms with E-state index in [1.54, 1.807) is 11.0 Å². The Morgan fingerprint density at radius 2 is 2.04 bits per heavy atom. The lowest BCUT2D eigenvalue weighted by molar-refractivity contribution is -0.140. The lowest BCUT2D eigenvalue weighted by Gasteiger charge is -2.35. The van der Waals surface area contributed by atoms with Gasteiger partial charge in [-0.1, -0.05) is 17.2 Å². The van der Waals surface area contributed by atoms with Crippen molar-refractivity contribution in [3.63, 3.8) is 0 Å². The second kappa shape index (κ2) is 6.83. The molecule has 2 atom stereocenters. The molecule has 0 aliphatic carbocycles. The third kappa shape index (κ3) is 3.13.